The molecule has 23 heavy (non-hydrogen) atoms. The van der Waals surface area contributed by atoms with Crippen LogP contribution < -0.4 is 0 Å². The van der Waals surface area contributed by atoms with Gasteiger partial charge in [-0.1, -0.05) is 36.8 Å². The summed E-state index contributed by atoms with van der Waals surface area (Å²) in [6.45, 7) is 3.51. The first kappa shape index (κ1) is 17.5. The van der Waals surface area contributed by atoms with E-state index >= 15 is 0 Å². The van der Waals surface area contributed by atoms with Crippen LogP contribution in [0.5, 0.6) is 0 Å². The fraction of sp³-hybridized carbons (Fsp3) is 0.556. The Morgan fingerprint density at radius 2 is 1.83 bits per heavy atom. The van der Waals surface area contributed by atoms with E-state index in [1.165, 1.54) is 13.8 Å². The van der Waals surface area contributed by atoms with Gasteiger partial charge in [0, 0.05) is 19.8 Å². The highest BCUT2D eigenvalue weighted by atomic mass is 16.6. The molecule has 0 saturated heterocycles. The van der Waals surface area contributed by atoms with Crippen LogP contribution in [0.2, 0.25) is 0 Å². The second-order valence-corrected chi connectivity index (χ2v) is 5.90. The van der Waals surface area contributed by atoms with Crippen molar-refractivity contribution in [3.8, 4) is 0 Å². The summed E-state index contributed by atoms with van der Waals surface area (Å²) in [7, 11) is 0. The summed E-state index contributed by atoms with van der Waals surface area (Å²) in [5.41, 5.74) is 1.08. The summed E-state index contributed by atoms with van der Waals surface area (Å²) in [6.07, 6.45) is 2.11. The van der Waals surface area contributed by atoms with Gasteiger partial charge in [0.25, 0.3) is 0 Å². The second kappa shape index (κ2) is 8.67. The smallest absolute Gasteiger partial charge is 0.303 e. The van der Waals surface area contributed by atoms with Crippen LogP contribution in [0.1, 0.15) is 38.7 Å². The van der Waals surface area contributed by atoms with Gasteiger partial charge < -0.3 is 14.2 Å². The largest absolute Gasteiger partial charge is 0.465 e. The van der Waals surface area contributed by atoms with E-state index in [2.05, 4.69) is 0 Å². The molecule has 5 nitrogen and oxygen atoms in total. The minimum absolute atomic E-state index is 0.0164. The van der Waals surface area contributed by atoms with Gasteiger partial charge in [0.2, 0.25) is 0 Å². The molecule has 1 saturated carbocycles. The Labute approximate surface area is 136 Å². The molecular weight excluding hydrogens is 296 g/mol. The Morgan fingerprint density at radius 1 is 1.09 bits per heavy atom. The van der Waals surface area contributed by atoms with Crippen LogP contribution >= 0.6 is 0 Å². The standard InChI is InChI=1S/C18H24O5/c1-13(19)21-12-16-9-6-10-17(18(16)23-14(2)20)22-11-15-7-4-3-5-8-15/h3-5,7-8,16-18H,6,9-12H2,1-2H3/t16?,17-,18+/m0/s1. The van der Waals surface area contributed by atoms with Gasteiger partial charge in [0.1, 0.15) is 6.10 Å². The first-order valence-electron chi connectivity index (χ1n) is 8.02. The molecule has 5 heteroatoms. The maximum atomic E-state index is 11.4. The molecule has 1 aromatic rings. The molecule has 0 N–H and O–H groups in total. The van der Waals surface area contributed by atoms with Crippen molar-refractivity contribution in [3.05, 3.63) is 35.9 Å². The lowest BCUT2D eigenvalue weighted by Gasteiger charge is -2.36. The number of hydrogen-bond donors (Lipinski definition) is 0. The molecular formula is C18H24O5. The molecule has 1 aromatic carbocycles. The zero-order valence-electron chi connectivity index (χ0n) is 13.7. The molecule has 0 aliphatic heterocycles. The molecule has 1 fully saturated rings. The third-order valence-electron chi connectivity index (χ3n) is 4.00. The summed E-state index contributed by atoms with van der Waals surface area (Å²) in [5, 5.41) is 0. The Bertz CT molecular complexity index is 513. The topological polar surface area (TPSA) is 61.8 Å². The van der Waals surface area contributed by atoms with Gasteiger partial charge in [0.05, 0.1) is 19.3 Å². The number of ether oxygens (including phenoxy) is 3. The van der Waals surface area contributed by atoms with E-state index in [0.717, 1.165) is 24.8 Å². The Balaban J connectivity index is 1.99. The number of esters is 2. The minimum atomic E-state index is -0.371. The highest BCUT2D eigenvalue weighted by Crippen LogP contribution is 2.30. The van der Waals surface area contributed by atoms with Crippen LogP contribution in [0, 0.1) is 5.92 Å². The van der Waals surface area contributed by atoms with E-state index < -0.39 is 0 Å². The molecule has 0 bridgehead atoms. The van der Waals surface area contributed by atoms with Crippen molar-refractivity contribution in [1.82, 2.24) is 0 Å². The average Bonchev–Trinajstić information content (AvgIpc) is 2.53. The molecule has 1 aliphatic carbocycles. The number of carbonyl (C=O) groups is 2. The summed E-state index contributed by atoms with van der Waals surface area (Å²) < 4.78 is 16.6. The van der Waals surface area contributed by atoms with E-state index in [9.17, 15) is 9.59 Å². The van der Waals surface area contributed by atoms with Crippen molar-refractivity contribution >= 4 is 11.9 Å². The van der Waals surface area contributed by atoms with E-state index in [4.69, 9.17) is 14.2 Å². The molecule has 126 valence electrons. The first-order valence-corrected chi connectivity index (χ1v) is 8.02. The zero-order chi connectivity index (χ0) is 16.7. The van der Waals surface area contributed by atoms with E-state index in [1.54, 1.807) is 0 Å². The van der Waals surface area contributed by atoms with Gasteiger partial charge in [-0.3, -0.25) is 9.59 Å². The van der Waals surface area contributed by atoms with Crippen LogP contribution in [-0.2, 0) is 30.4 Å². The van der Waals surface area contributed by atoms with Crippen molar-refractivity contribution in [2.24, 2.45) is 5.92 Å². The third-order valence-corrected chi connectivity index (χ3v) is 4.00. The van der Waals surface area contributed by atoms with Crippen LogP contribution in [-0.4, -0.2) is 30.8 Å². The van der Waals surface area contributed by atoms with Crippen molar-refractivity contribution in [3.63, 3.8) is 0 Å². The summed E-state index contributed by atoms with van der Waals surface area (Å²) in [6, 6.07) is 9.89. The lowest BCUT2D eigenvalue weighted by Crippen LogP contribution is -2.44. The molecule has 0 radical (unpaired) electrons. The van der Waals surface area contributed by atoms with Crippen LogP contribution in [0.4, 0.5) is 0 Å². The SMILES string of the molecule is CC(=O)OCC1CCC[C@H](OCc2ccccc2)[C@@H]1OC(C)=O. The molecule has 1 aliphatic rings. The molecule has 2 rings (SSSR count). The van der Waals surface area contributed by atoms with E-state index in [1.807, 2.05) is 30.3 Å². The summed E-state index contributed by atoms with van der Waals surface area (Å²) in [4.78, 5) is 22.5. The zero-order valence-corrected chi connectivity index (χ0v) is 13.7. The van der Waals surface area contributed by atoms with Gasteiger partial charge in [0.15, 0.2) is 0 Å². The Kier molecular flexibility index (Phi) is 6.59. The van der Waals surface area contributed by atoms with Crippen LogP contribution in [0.15, 0.2) is 30.3 Å². The molecule has 0 spiro atoms. The Morgan fingerprint density at radius 3 is 2.48 bits per heavy atom. The quantitative estimate of drug-likeness (QED) is 0.754. The predicted octanol–water partition coefficient (Wildman–Crippen LogP) is 2.87. The lowest BCUT2D eigenvalue weighted by atomic mass is 9.84. The van der Waals surface area contributed by atoms with E-state index in [0.29, 0.717) is 6.61 Å². The van der Waals surface area contributed by atoms with Gasteiger partial charge in [-0.15, -0.1) is 0 Å². The second-order valence-electron chi connectivity index (χ2n) is 5.90. The predicted molar refractivity (Wildman–Crippen MR) is 84.5 cm³/mol. The van der Waals surface area contributed by atoms with Crippen LogP contribution in [0.3, 0.4) is 0 Å². The van der Waals surface area contributed by atoms with Crippen LogP contribution in [0.25, 0.3) is 0 Å². The third kappa shape index (κ3) is 5.67. The maximum absolute atomic E-state index is 11.4. The van der Waals surface area contributed by atoms with Crippen molar-refractivity contribution in [1.29, 1.82) is 0 Å². The molecule has 0 amide bonds. The number of benzene rings is 1. The highest BCUT2D eigenvalue weighted by Gasteiger charge is 2.37. The van der Waals surface area contributed by atoms with Crippen molar-refractivity contribution in [2.75, 3.05) is 6.61 Å². The van der Waals surface area contributed by atoms with Gasteiger partial charge >= 0.3 is 11.9 Å². The fourth-order valence-corrected chi connectivity index (χ4v) is 2.94. The van der Waals surface area contributed by atoms with Crippen molar-refractivity contribution in [2.45, 2.75) is 51.9 Å². The van der Waals surface area contributed by atoms with E-state index in [-0.39, 0.29) is 36.7 Å². The fourth-order valence-electron chi connectivity index (χ4n) is 2.94. The number of rotatable bonds is 6. The summed E-state index contributed by atoms with van der Waals surface area (Å²) in [5.74, 6) is -0.672. The molecule has 0 aromatic heterocycles. The monoisotopic (exact) mass is 320 g/mol. The molecule has 0 heterocycles. The molecule has 3 atom stereocenters. The molecule has 1 unspecified atom stereocenters. The normalized spacial score (nSPS) is 24.0. The van der Waals surface area contributed by atoms with Gasteiger partial charge in [-0.2, -0.15) is 0 Å². The Hall–Kier alpha value is -1.88. The van der Waals surface area contributed by atoms with Gasteiger partial charge in [-0.25, -0.2) is 0 Å². The number of carbonyl (C=O) groups excluding carboxylic acids is 2. The lowest BCUT2D eigenvalue weighted by molar-refractivity contribution is -0.171. The highest BCUT2D eigenvalue weighted by molar-refractivity contribution is 5.66. The van der Waals surface area contributed by atoms with Gasteiger partial charge in [-0.05, 0) is 18.4 Å². The number of hydrogen-bond acceptors (Lipinski definition) is 5. The minimum Gasteiger partial charge on any atom is -0.465 e. The average molecular weight is 320 g/mol. The van der Waals surface area contributed by atoms with Crippen molar-refractivity contribution < 1.29 is 23.8 Å². The summed E-state index contributed by atoms with van der Waals surface area (Å²) >= 11 is 0. The first-order chi connectivity index (χ1) is 11.1. The maximum Gasteiger partial charge on any atom is 0.303 e.